The highest BCUT2D eigenvalue weighted by atomic mass is 16.6. The fraction of sp³-hybridized carbons (Fsp3) is 0.848. The Morgan fingerprint density at radius 1 is 0.561 bits per heavy atom. The third-order valence-electron chi connectivity index (χ3n) is 9.31. The van der Waals surface area contributed by atoms with Crippen LogP contribution in [0.2, 0.25) is 0 Å². The van der Waals surface area contributed by atoms with Crippen molar-refractivity contribution in [2.24, 2.45) is 4.99 Å². The second-order valence-corrected chi connectivity index (χ2v) is 17.6. The van der Waals surface area contributed by atoms with Gasteiger partial charge in [-0.3, -0.25) is 25.2 Å². The highest BCUT2D eigenvalue weighted by Crippen LogP contribution is 2.13. The van der Waals surface area contributed by atoms with E-state index in [4.69, 9.17) is 9.47 Å². The molecule has 57 heavy (non-hydrogen) atoms. The van der Waals surface area contributed by atoms with Crippen LogP contribution in [0.3, 0.4) is 0 Å². The number of amides is 4. The number of unbranched alkanes of at least 4 members (excludes halogenated alkanes) is 20. The number of hydrogen-bond acceptors (Lipinski definition) is 7. The molecule has 0 aliphatic carbocycles. The predicted octanol–water partition coefficient (Wildman–Crippen LogP) is 11.7. The number of carbonyl (C=O) groups excluding carboxylic acids is 4. The zero-order valence-corrected chi connectivity index (χ0v) is 37.9. The van der Waals surface area contributed by atoms with Crippen LogP contribution in [0.25, 0.3) is 0 Å². The molecule has 0 aliphatic rings. The molecule has 0 fully saturated rings. The van der Waals surface area contributed by atoms with Crippen LogP contribution in [0, 0.1) is 0 Å². The van der Waals surface area contributed by atoms with Crippen LogP contribution in [0.5, 0.6) is 0 Å². The van der Waals surface area contributed by atoms with Gasteiger partial charge in [-0.2, -0.15) is 0 Å². The highest BCUT2D eigenvalue weighted by molar-refractivity contribution is 6.01. The summed E-state index contributed by atoms with van der Waals surface area (Å²) in [5.41, 5.74) is -1.50. The number of nitrogens with one attached hydrogen (secondary N) is 4. The van der Waals surface area contributed by atoms with Crippen LogP contribution in [0.4, 0.5) is 9.59 Å². The van der Waals surface area contributed by atoms with Crippen molar-refractivity contribution in [1.82, 2.24) is 21.3 Å². The Morgan fingerprint density at radius 2 is 0.982 bits per heavy atom. The lowest BCUT2D eigenvalue weighted by Crippen LogP contribution is -2.47. The average Bonchev–Trinajstić information content (AvgIpc) is 3.11. The van der Waals surface area contributed by atoms with Crippen molar-refractivity contribution >= 4 is 30.0 Å². The van der Waals surface area contributed by atoms with Crippen LogP contribution in [0.1, 0.15) is 222 Å². The van der Waals surface area contributed by atoms with Crippen molar-refractivity contribution in [1.29, 1.82) is 0 Å². The molecule has 0 saturated carbocycles. The minimum atomic E-state index is -0.774. The molecule has 0 aliphatic heterocycles. The standard InChI is InChI=1S/C46H87N5O6/c1-9-11-13-15-17-19-21-22-23-24-25-26-28-30-32-36-40(52)49-39(41(53)47-37-33-31-29-27-20-18-16-14-12-10-2)35-34-38-48-42(50-43(54)56-45(3,4)5)51-44(55)57-46(6,7)8/h22-23,39H,9-21,24-38H2,1-8H3,(H,47,53)(H,49,52)(H2,48,50,51,54,55)/b23-22+/t39-/m0/s1. The summed E-state index contributed by atoms with van der Waals surface area (Å²) in [4.78, 5) is 55.7. The molecular formula is C46H87N5O6. The number of guanidine groups is 1. The topological polar surface area (TPSA) is 147 Å². The minimum absolute atomic E-state index is 0.117. The highest BCUT2D eigenvalue weighted by Gasteiger charge is 2.22. The third kappa shape index (κ3) is 38.2. The third-order valence-corrected chi connectivity index (χ3v) is 9.31. The number of alkyl carbamates (subject to hydrolysis) is 2. The molecule has 0 aromatic carbocycles. The van der Waals surface area contributed by atoms with E-state index in [1.54, 1.807) is 41.5 Å². The Labute approximate surface area is 348 Å². The number of nitrogens with zero attached hydrogens (tertiary/aromatic N) is 1. The van der Waals surface area contributed by atoms with Crippen LogP contribution >= 0.6 is 0 Å². The van der Waals surface area contributed by atoms with E-state index in [2.05, 4.69) is 52.3 Å². The zero-order valence-electron chi connectivity index (χ0n) is 37.9. The molecule has 11 nitrogen and oxygen atoms in total. The van der Waals surface area contributed by atoms with Gasteiger partial charge in [0.05, 0.1) is 0 Å². The molecule has 0 unspecified atom stereocenters. The number of rotatable bonds is 32. The van der Waals surface area contributed by atoms with Crippen molar-refractivity contribution in [3.8, 4) is 0 Å². The van der Waals surface area contributed by atoms with E-state index in [1.165, 1.54) is 96.3 Å². The van der Waals surface area contributed by atoms with Crippen LogP contribution < -0.4 is 21.3 Å². The van der Waals surface area contributed by atoms with Gasteiger partial charge in [-0.1, -0.05) is 135 Å². The fourth-order valence-corrected chi connectivity index (χ4v) is 6.24. The maximum absolute atomic E-state index is 13.3. The number of allylic oxidation sites excluding steroid dienone is 2. The number of ether oxygens (including phenoxy) is 2. The summed E-state index contributed by atoms with van der Waals surface area (Å²) in [6, 6.07) is -0.708. The molecule has 0 rings (SSSR count). The summed E-state index contributed by atoms with van der Waals surface area (Å²) in [5.74, 6) is -0.449. The first-order valence-electron chi connectivity index (χ1n) is 22.9. The summed E-state index contributed by atoms with van der Waals surface area (Å²) >= 11 is 0. The second kappa shape index (κ2) is 34.9. The van der Waals surface area contributed by atoms with E-state index >= 15 is 0 Å². The molecule has 0 saturated heterocycles. The summed E-state index contributed by atoms with van der Waals surface area (Å²) in [6.45, 7) is 15.6. The Hall–Kier alpha value is -3.11. The monoisotopic (exact) mass is 806 g/mol. The molecular weight excluding hydrogens is 719 g/mol. The maximum atomic E-state index is 13.3. The molecule has 0 radical (unpaired) electrons. The van der Waals surface area contributed by atoms with E-state index in [0.717, 1.165) is 51.4 Å². The Morgan fingerprint density at radius 3 is 1.44 bits per heavy atom. The van der Waals surface area contributed by atoms with E-state index < -0.39 is 29.4 Å². The van der Waals surface area contributed by atoms with E-state index in [-0.39, 0.29) is 24.3 Å². The molecule has 0 heterocycles. The van der Waals surface area contributed by atoms with E-state index in [0.29, 0.717) is 25.8 Å². The summed E-state index contributed by atoms with van der Waals surface area (Å²) in [5, 5.41) is 11.0. The molecule has 4 N–H and O–H groups in total. The number of carbonyl (C=O) groups is 4. The smallest absolute Gasteiger partial charge is 0.414 e. The lowest BCUT2D eigenvalue weighted by Gasteiger charge is -2.22. The molecule has 11 heteroatoms. The van der Waals surface area contributed by atoms with Crippen LogP contribution in [-0.2, 0) is 19.1 Å². The van der Waals surface area contributed by atoms with E-state index in [9.17, 15) is 19.2 Å². The van der Waals surface area contributed by atoms with Gasteiger partial charge in [0, 0.05) is 19.5 Å². The largest absolute Gasteiger partial charge is 0.444 e. The Bertz CT molecular complexity index is 1080. The first-order valence-corrected chi connectivity index (χ1v) is 22.9. The van der Waals surface area contributed by atoms with Gasteiger partial charge < -0.3 is 20.1 Å². The van der Waals surface area contributed by atoms with Crippen molar-refractivity contribution < 1.29 is 28.7 Å². The van der Waals surface area contributed by atoms with E-state index in [1.807, 2.05) is 0 Å². The lowest BCUT2D eigenvalue weighted by atomic mass is 10.1. The van der Waals surface area contributed by atoms with Gasteiger partial charge in [0.2, 0.25) is 17.8 Å². The molecule has 1 atom stereocenters. The molecule has 332 valence electrons. The first kappa shape index (κ1) is 53.9. The normalized spacial score (nSPS) is 12.2. The van der Waals surface area contributed by atoms with Gasteiger partial charge in [-0.05, 0) is 92.9 Å². The lowest BCUT2D eigenvalue weighted by molar-refractivity contribution is -0.129. The van der Waals surface area contributed by atoms with Crippen molar-refractivity contribution in [2.75, 3.05) is 13.1 Å². The van der Waals surface area contributed by atoms with Crippen molar-refractivity contribution in [3.63, 3.8) is 0 Å². The van der Waals surface area contributed by atoms with Gasteiger partial charge in [-0.25, -0.2) is 9.59 Å². The molecule has 4 amide bonds. The number of hydrogen-bond donors (Lipinski definition) is 4. The van der Waals surface area contributed by atoms with Gasteiger partial charge in [-0.15, -0.1) is 0 Å². The van der Waals surface area contributed by atoms with Crippen molar-refractivity contribution in [3.05, 3.63) is 12.2 Å². The maximum Gasteiger partial charge on any atom is 0.414 e. The Balaban J connectivity index is 5.01. The summed E-state index contributed by atoms with van der Waals surface area (Å²) in [7, 11) is 0. The fourth-order valence-electron chi connectivity index (χ4n) is 6.24. The predicted molar refractivity (Wildman–Crippen MR) is 237 cm³/mol. The van der Waals surface area contributed by atoms with Gasteiger partial charge in [0.25, 0.3) is 0 Å². The quantitative estimate of drug-likeness (QED) is 0.0230. The molecule has 0 aromatic heterocycles. The SMILES string of the molecule is CCCCCCCC/C=C/CCCCCCCC(=O)N[C@@H](CCCN=C(NC(=O)OC(C)(C)C)NC(=O)OC(C)(C)C)C(=O)NCCCCCCCCCCCC. The van der Waals surface area contributed by atoms with Crippen LogP contribution in [0.15, 0.2) is 17.1 Å². The second-order valence-electron chi connectivity index (χ2n) is 17.6. The number of aliphatic imine (C=N–C) groups is 1. The molecule has 0 bridgehead atoms. The zero-order chi connectivity index (χ0) is 42.6. The van der Waals surface area contributed by atoms with Crippen molar-refractivity contribution in [2.45, 2.75) is 240 Å². The van der Waals surface area contributed by atoms with Gasteiger partial charge >= 0.3 is 12.2 Å². The Kier molecular flexibility index (Phi) is 33.0. The van der Waals surface area contributed by atoms with Crippen LogP contribution in [-0.4, -0.2) is 60.3 Å². The molecule has 0 spiro atoms. The van der Waals surface area contributed by atoms with Gasteiger partial charge in [0.15, 0.2) is 0 Å². The van der Waals surface area contributed by atoms with Gasteiger partial charge in [0.1, 0.15) is 17.2 Å². The summed E-state index contributed by atoms with van der Waals surface area (Å²) in [6.07, 6.45) is 31.9. The first-order chi connectivity index (χ1) is 27.2. The average molecular weight is 806 g/mol. The molecule has 0 aromatic rings. The minimum Gasteiger partial charge on any atom is -0.444 e. The summed E-state index contributed by atoms with van der Waals surface area (Å²) < 4.78 is 10.7.